The normalized spacial score (nSPS) is 15.2. The molecule has 39 heavy (non-hydrogen) atoms. The minimum absolute atomic E-state index is 0.528. The molecule has 0 radical (unpaired) electrons. The van der Waals surface area contributed by atoms with E-state index in [9.17, 15) is 0 Å². The molecule has 0 spiro atoms. The molecule has 0 amide bonds. The highest BCUT2D eigenvalue weighted by molar-refractivity contribution is 7.13. The van der Waals surface area contributed by atoms with Crippen LogP contribution in [0.25, 0.3) is 50.5 Å². The van der Waals surface area contributed by atoms with Crippen LogP contribution in [-0.4, -0.2) is 25.1 Å². The highest BCUT2D eigenvalue weighted by atomic mass is 32.1. The first-order valence-electron chi connectivity index (χ1n) is 13.4. The van der Waals surface area contributed by atoms with Gasteiger partial charge < -0.3 is 10.3 Å². The third kappa shape index (κ3) is 5.10. The first kappa shape index (κ1) is 25.1. The molecule has 0 saturated heterocycles. The van der Waals surface area contributed by atoms with Crippen LogP contribution in [-0.2, 0) is 0 Å². The predicted molar refractivity (Wildman–Crippen MR) is 163 cm³/mol. The van der Waals surface area contributed by atoms with E-state index < -0.39 is 0 Å². The Labute approximate surface area is 232 Å². The summed E-state index contributed by atoms with van der Waals surface area (Å²) < 4.78 is 0. The van der Waals surface area contributed by atoms with Crippen LogP contribution >= 0.6 is 11.3 Å². The maximum absolute atomic E-state index is 4.68. The molecular formula is C32H32N6S. The number of thiophene rings is 1. The second kappa shape index (κ2) is 10.9. The lowest BCUT2D eigenvalue weighted by Crippen LogP contribution is -2.23. The molecular weight excluding hydrogens is 500 g/mol. The Balaban J connectivity index is 1.34. The van der Waals surface area contributed by atoms with Crippen LogP contribution in [0, 0.1) is 5.92 Å². The summed E-state index contributed by atoms with van der Waals surface area (Å²) >= 11 is 1.71. The van der Waals surface area contributed by atoms with E-state index in [1.54, 1.807) is 11.3 Å². The van der Waals surface area contributed by atoms with Crippen molar-refractivity contribution < 1.29 is 0 Å². The number of allylic oxidation sites excluding steroid dienone is 2. The zero-order chi connectivity index (χ0) is 26.8. The Morgan fingerprint density at radius 1 is 1.08 bits per heavy atom. The van der Waals surface area contributed by atoms with Gasteiger partial charge in [0, 0.05) is 44.7 Å². The quantitative estimate of drug-likeness (QED) is 0.213. The van der Waals surface area contributed by atoms with E-state index >= 15 is 0 Å². The van der Waals surface area contributed by atoms with Gasteiger partial charge in [-0.3, -0.25) is 15.1 Å². The van der Waals surface area contributed by atoms with Crippen molar-refractivity contribution in [1.29, 1.82) is 0 Å². The van der Waals surface area contributed by atoms with Gasteiger partial charge in [0.25, 0.3) is 0 Å². The van der Waals surface area contributed by atoms with Crippen molar-refractivity contribution in [1.82, 2.24) is 25.1 Å². The Bertz CT molecular complexity index is 1770. The average Bonchev–Trinajstić information content (AvgIpc) is 3.73. The van der Waals surface area contributed by atoms with Crippen LogP contribution in [0.15, 0.2) is 73.3 Å². The smallest absolute Gasteiger partial charge is 0.116 e. The number of anilines is 1. The van der Waals surface area contributed by atoms with Crippen LogP contribution < -0.4 is 15.9 Å². The molecule has 0 unspecified atom stereocenters. The lowest BCUT2D eigenvalue weighted by molar-refractivity contribution is 0.405. The second-order valence-electron chi connectivity index (χ2n) is 10.1. The van der Waals surface area contributed by atoms with E-state index in [0.29, 0.717) is 5.92 Å². The second-order valence-corrected chi connectivity index (χ2v) is 11.1. The number of pyridine rings is 2. The van der Waals surface area contributed by atoms with Crippen molar-refractivity contribution in [3.05, 3.63) is 89.4 Å². The number of hydrogen-bond acceptors (Lipinski definition) is 5. The van der Waals surface area contributed by atoms with Crippen molar-refractivity contribution in [2.24, 2.45) is 5.92 Å². The molecule has 1 saturated carbocycles. The van der Waals surface area contributed by atoms with Crippen molar-refractivity contribution >= 4 is 45.7 Å². The fraction of sp³-hybridized carbons (Fsp3) is 0.219. The number of aromatic nitrogens is 5. The molecule has 0 atom stereocenters. The fourth-order valence-electron chi connectivity index (χ4n) is 5.42. The summed E-state index contributed by atoms with van der Waals surface area (Å²) in [6, 6.07) is 8.44. The number of rotatable bonds is 7. The van der Waals surface area contributed by atoms with E-state index in [2.05, 4.69) is 79.3 Å². The third-order valence-corrected chi connectivity index (χ3v) is 8.44. The molecule has 6 rings (SSSR count). The molecule has 5 aromatic rings. The van der Waals surface area contributed by atoms with Gasteiger partial charge in [-0.1, -0.05) is 44.6 Å². The lowest BCUT2D eigenvalue weighted by atomic mass is 9.87. The number of fused-ring (bicyclic) bond motifs is 1. The summed E-state index contributed by atoms with van der Waals surface area (Å²) in [5.74, 6) is 0.528. The molecule has 7 heteroatoms. The highest BCUT2D eigenvalue weighted by Gasteiger charge is 2.17. The van der Waals surface area contributed by atoms with E-state index in [1.807, 2.05) is 37.8 Å². The summed E-state index contributed by atoms with van der Waals surface area (Å²) in [5, 5.41) is 16.5. The number of nitrogens with one attached hydrogen (secondary N) is 3. The van der Waals surface area contributed by atoms with Crippen molar-refractivity contribution in [3.63, 3.8) is 0 Å². The molecule has 0 aromatic carbocycles. The highest BCUT2D eigenvalue weighted by Crippen LogP contribution is 2.33. The molecule has 0 aliphatic heterocycles. The largest absolute Gasteiger partial charge is 0.358 e. The van der Waals surface area contributed by atoms with Gasteiger partial charge in [0.15, 0.2) is 0 Å². The van der Waals surface area contributed by atoms with Gasteiger partial charge in [0.1, 0.15) is 5.69 Å². The summed E-state index contributed by atoms with van der Waals surface area (Å²) in [5.41, 5.74) is 7.69. The van der Waals surface area contributed by atoms with Gasteiger partial charge in [-0.15, -0.1) is 11.3 Å². The van der Waals surface area contributed by atoms with E-state index in [0.717, 1.165) is 60.9 Å². The Morgan fingerprint density at radius 2 is 1.92 bits per heavy atom. The maximum atomic E-state index is 4.68. The Morgan fingerprint density at radius 3 is 2.72 bits per heavy atom. The zero-order valence-corrected chi connectivity index (χ0v) is 22.9. The van der Waals surface area contributed by atoms with Crippen LogP contribution in [0.2, 0.25) is 0 Å². The molecule has 196 valence electrons. The first-order valence-corrected chi connectivity index (χ1v) is 14.3. The van der Waals surface area contributed by atoms with Crippen LogP contribution in [0.4, 0.5) is 5.69 Å². The first-order chi connectivity index (χ1) is 19.1. The van der Waals surface area contributed by atoms with Gasteiger partial charge in [-0.05, 0) is 60.9 Å². The van der Waals surface area contributed by atoms with Gasteiger partial charge in [-0.25, -0.2) is 0 Å². The van der Waals surface area contributed by atoms with E-state index in [1.165, 1.54) is 37.0 Å². The van der Waals surface area contributed by atoms with Crippen LogP contribution in [0.5, 0.6) is 0 Å². The van der Waals surface area contributed by atoms with Gasteiger partial charge in [-0.2, -0.15) is 5.10 Å². The minimum Gasteiger partial charge on any atom is -0.358 e. The fourth-order valence-corrected chi connectivity index (χ4v) is 6.17. The van der Waals surface area contributed by atoms with Gasteiger partial charge in [0.2, 0.25) is 0 Å². The number of aromatic amines is 2. The third-order valence-electron chi connectivity index (χ3n) is 7.54. The summed E-state index contributed by atoms with van der Waals surface area (Å²) in [7, 11) is 0. The van der Waals surface area contributed by atoms with E-state index in [4.69, 9.17) is 0 Å². The predicted octanol–water partition coefficient (Wildman–Crippen LogP) is 6.88. The molecule has 0 bridgehead atoms. The molecule has 1 aliphatic carbocycles. The minimum atomic E-state index is 0.528. The molecule has 1 aliphatic rings. The van der Waals surface area contributed by atoms with Crippen LogP contribution in [0.1, 0.15) is 44.6 Å². The molecule has 3 N–H and O–H groups in total. The number of hydrogen-bond donors (Lipinski definition) is 3. The Kier molecular flexibility index (Phi) is 6.99. The molecule has 1 fully saturated rings. The summed E-state index contributed by atoms with van der Waals surface area (Å²) in [6.07, 6.45) is 17.9. The molecule has 5 heterocycles. The van der Waals surface area contributed by atoms with Gasteiger partial charge in [0.05, 0.1) is 34.6 Å². The monoisotopic (exact) mass is 532 g/mol. The summed E-state index contributed by atoms with van der Waals surface area (Å²) in [6.45, 7) is 10.7. The molecule has 5 aromatic heterocycles. The summed E-state index contributed by atoms with van der Waals surface area (Å²) in [4.78, 5) is 13.7. The zero-order valence-electron chi connectivity index (χ0n) is 22.1. The number of nitrogens with zero attached hydrogens (tertiary/aromatic N) is 3. The number of H-pyrrole nitrogens is 2. The SMILES string of the molecule is C=C(/C=c1/c(-c2cc3c(-c4cccs4)cncc3[nH]2)n[nH]/c1=C/C)c1cncc(NC(=C)C2CCCCC2)c1. The Hall–Kier alpha value is -4.23. The lowest BCUT2D eigenvalue weighted by Gasteiger charge is -2.24. The molecule has 6 nitrogen and oxygen atoms in total. The van der Waals surface area contributed by atoms with Crippen LogP contribution in [0.3, 0.4) is 0 Å². The average molecular weight is 533 g/mol. The standard InChI is InChI=1S/C32H32N6S/c1-4-28-26(13-20(2)23-14-24(17-33-16-23)35-21(3)22-9-6-5-7-10-22)32(38-37-28)29-15-25-27(31-11-8-12-39-31)18-34-19-30(25)36-29/h4,8,11-19,22,35-37H,2-3,5-7,9-10H2,1H3/b26-13+,28-4+. The van der Waals surface area contributed by atoms with Crippen molar-refractivity contribution in [2.45, 2.75) is 39.0 Å². The van der Waals surface area contributed by atoms with Crippen molar-refractivity contribution in [2.75, 3.05) is 5.32 Å². The van der Waals surface area contributed by atoms with Crippen molar-refractivity contribution in [3.8, 4) is 21.8 Å². The maximum Gasteiger partial charge on any atom is 0.116 e. The topological polar surface area (TPSA) is 82.3 Å². The van der Waals surface area contributed by atoms with E-state index in [-0.39, 0.29) is 0 Å². The van der Waals surface area contributed by atoms with Gasteiger partial charge >= 0.3 is 0 Å².